The van der Waals surface area contributed by atoms with Crippen molar-refractivity contribution in [2.45, 2.75) is 213 Å². The summed E-state index contributed by atoms with van der Waals surface area (Å²) >= 11 is 0. The molecule has 0 aliphatic rings. The van der Waals surface area contributed by atoms with Crippen molar-refractivity contribution in [2.24, 2.45) is 0 Å². The third-order valence-corrected chi connectivity index (χ3v) is 7.77. The second-order valence-electron chi connectivity index (χ2n) is 11.7. The van der Waals surface area contributed by atoms with Crippen molar-refractivity contribution in [2.75, 3.05) is 13.2 Å². The summed E-state index contributed by atoms with van der Waals surface area (Å²) in [6, 6.07) is 0. The molecule has 0 bridgehead atoms. The van der Waals surface area contributed by atoms with Crippen LogP contribution in [0.3, 0.4) is 0 Å². The molecule has 0 fully saturated rings. The quantitative estimate of drug-likeness (QED) is 0.0881. The molecule has 2 nitrogen and oxygen atoms in total. The van der Waals surface area contributed by atoms with E-state index in [0.717, 1.165) is 12.8 Å². The Labute approximate surface area is 236 Å². The minimum absolute atomic E-state index is 0.373. The summed E-state index contributed by atoms with van der Waals surface area (Å²) in [5.74, 6) is 0. The number of unbranched alkanes of at least 4 members (excludes halogenated alkanes) is 29. The zero-order chi connectivity index (χ0) is 27.3. The Kier molecular flexibility index (Phi) is 42.7. The highest BCUT2D eigenvalue weighted by Gasteiger charge is 1.95. The van der Waals surface area contributed by atoms with Gasteiger partial charge in [0, 0.05) is 13.2 Å². The summed E-state index contributed by atoms with van der Waals surface area (Å²) < 4.78 is 0. The molecule has 0 aromatic carbocycles. The first-order chi connectivity index (χ1) is 18.3. The van der Waals surface area contributed by atoms with E-state index >= 15 is 0 Å². The molecular formula is C35H74O2. The predicted octanol–water partition coefficient (Wildman–Crippen LogP) is 12.1. The molecule has 0 saturated carbocycles. The molecule has 0 aromatic heterocycles. The smallest absolute Gasteiger partial charge is 0.0431 e. The molecule has 0 spiro atoms. The molecular weight excluding hydrogens is 452 g/mol. The standard InChI is InChI=1S/C18H38O.C17H36O/c1-2-3-4-5-6-7-8-9-10-11-12-13-14-15-16-17-18-19;1-2-3-4-5-6-7-8-9-10-11-12-13-14-15-16-17-18/h19H,2-18H2,1H3;18H,2-17H2,1H3. The Balaban J connectivity index is 0. The van der Waals surface area contributed by atoms with E-state index in [1.807, 2.05) is 0 Å². The van der Waals surface area contributed by atoms with Crippen molar-refractivity contribution in [3.05, 3.63) is 0 Å². The monoisotopic (exact) mass is 527 g/mol. The van der Waals surface area contributed by atoms with E-state index < -0.39 is 0 Å². The molecule has 0 saturated heterocycles. The van der Waals surface area contributed by atoms with E-state index in [9.17, 15) is 0 Å². The lowest BCUT2D eigenvalue weighted by Gasteiger charge is -2.03. The van der Waals surface area contributed by atoms with E-state index in [-0.39, 0.29) is 0 Å². The lowest BCUT2D eigenvalue weighted by molar-refractivity contribution is 0.282. The van der Waals surface area contributed by atoms with E-state index in [0.29, 0.717) is 13.2 Å². The van der Waals surface area contributed by atoms with Gasteiger partial charge in [0.25, 0.3) is 0 Å². The number of rotatable bonds is 31. The molecule has 0 aliphatic carbocycles. The second kappa shape index (κ2) is 40.4. The molecule has 0 atom stereocenters. The summed E-state index contributed by atoms with van der Waals surface area (Å²) in [6.07, 6.45) is 42.9. The van der Waals surface area contributed by atoms with Gasteiger partial charge in [-0.2, -0.15) is 0 Å². The van der Waals surface area contributed by atoms with Gasteiger partial charge in [-0.25, -0.2) is 0 Å². The molecule has 0 heterocycles. The van der Waals surface area contributed by atoms with Gasteiger partial charge in [0.15, 0.2) is 0 Å². The van der Waals surface area contributed by atoms with Crippen LogP contribution >= 0.6 is 0 Å². The van der Waals surface area contributed by atoms with Gasteiger partial charge in [-0.3, -0.25) is 0 Å². The van der Waals surface area contributed by atoms with Crippen LogP contribution in [0.5, 0.6) is 0 Å². The van der Waals surface area contributed by atoms with Crippen molar-refractivity contribution < 1.29 is 10.2 Å². The van der Waals surface area contributed by atoms with Gasteiger partial charge in [-0.1, -0.05) is 200 Å². The Bertz CT molecular complexity index is 312. The molecule has 0 amide bonds. The van der Waals surface area contributed by atoms with Crippen LogP contribution < -0.4 is 0 Å². The van der Waals surface area contributed by atoms with Gasteiger partial charge in [0.05, 0.1) is 0 Å². The zero-order valence-corrected chi connectivity index (χ0v) is 26.2. The van der Waals surface area contributed by atoms with Crippen LogP contribution in [0, 0.1) is 0 Å². The average Bonchev–Trinajstić information content (AvgIpc) is 2.91. The minimum atomic E-state index is 0.373. The maximum atomic E-state index is 8.67. The average molecular weight is 527 g/mol. The van der Waals surface area contributed by atoms with Gasteiger partial charge in [0.1, 0.15) is 0 Å². The highest BCUT2D eigenvalue weighted by atomic mass is 16.3. The Morgan fingerprint density at radius 3 is 0.486 bits per heavy atom. The molecule has 0 aromatic rings. The molecule has 0 aliphatic heterocycles. The number of aliphatic hydroxyl groups excluding tert-OH is 2. The van der Waals surface area contributed by atoms with Gasteiger partial charge < -0.3 is 10.2 Å². The Morgan fingerprint density at radius 2 is 0.351 bits per heavy atom. The topological polar surface area (TPSA) is 40.5 Å². The van der Waals surface area contributed by atoms with Crippen LogP contribution in [0.4, 0.5) is 0 Å². The van der Waals surface area contributed by atoms with Crippen LogP contribution in [-0.2, 0) is 0 Å². The number of hydrogen-bond donors (Lipinski definition) is 2. The van der Waals surface area contributed by atoms with Crippen LogP contribution in [-0.4, -0.2) is 23.4 Å². The van der Waals surface area contributed by atoms with Crippen molar-refractivity contribution in [3.63, 3.8) is 0 Å². The van der Waals surface area contributed by atoms with Crippen LogP contribution in [0.15, 0.2) is 0 Å². The lowest BCUT2D eigenvalue weighted by atomic mass is 10.0. The maximum Gasteiger partial charge on any atom is 0.0431 e. The fourth-order valence-electron chi connectivity index (χ4n) is 5.14. The Hall–Kier alpha value is -0.0800. The normalized spacial score (nSPS) is 11.0. The number of hydrogen-bond acceptors (Lipinski definition) is 2. The highest BCUT2D eigenvalue weighted by Crippen LogP contribution is 2.14. The first-order valence-corrected chi connectivity index (χ1v) is 17.5. The number of aliphatic hydroxyl groups is 2. The first kappa shape index (κ1) is 39.1. The first-order valence-electron chi connectivity index (χ1n) is 17.5. The molecule has 0 radical (unpaired) electrons. The largest absolute Gasteiger partial charge is 0.396 e. The summed E-state index contributed by atoms with van der Waals surface area (Å²) in [5.41, 5.74) is 0. The molecule has 37 heavy (non-hydrogen) atoms. The summed E-state index contributed by atoms with van der Waals surface area (Å²) in [4.78, 5) is 0. The van der Waals surface area contributed by atoms with Crippen molar-refractivity contribution in [1.82, 2.24) is 0 Å². The van der Waals surface area contributed by atoms with E-state index in [1.165, 1.54) is 186 Å². The minimum Gasteiger partial charge on any atom is -0.396 e. The molecule has 0 rings (SSSR count). The van der Waals surface area contributed by atoms with Gasteiger partial charge in [0.2, 0.25) is 0 Å². The van der Waals surface area contributed by atoms with Crippen molar-refractivity contribution in [1.29, 1.82) is 0 Å². The third kappa shape index (κ3) is 43.2. The zero-order valence-electron chi connectivity index (χ0n) is 26.2. The fourth-order valence-corrected chi connectivity index (χ4v) is 5.14. The lowest BCUT2D eigenvalue weighted by Crippen LogP contribution is -1.85. The SMILES string of the molecule is CCCCCCCCCCCCCCCCCCO.CCCCCCCCCCCCCCCCCO. The van der Waals surface area contributed by atoms with E-state index in [2.05, 4.69) is 13.8 Å². The van der Waals surface area contributed by atoms with Gasteiger partial charge >= 0.3 is 0 Å². The maximum absolute atomic E-state index is 8.67. The molecule has 2 N–H and O–H groups in total. The second-order valence-corrected chi connectivity index (χ2v) is 11.7. The summed E-state index contributed by atoms with van der Waals surface area (Å²) in [7, 11) is 0. The van der Waals surface area contributed by atoms with E-state index in [1.54, 1.807) is 0 Å². The van der Waals surface area contributed by atoms with Crippen molar-refractivity contribution in [3.8, 4) is 0 Å². The fraction of sp³-hybridized carbons (Fsp3) is 1.00. The highest BCUT2D eigenvalue weighted by molar-refractivity contribution is 4.51. The molecule has 2 heteroatoms. The van der Waals surface area contributed by atoms with Gasteiger partial charge in [-0.05, 0) is 12.8 Å². The molecule has 226 valence electrons. The Morgan fingerprint density at radius 1 is 0.216 bits per heavy atom. The van der Waals surface area contributed by atoms with E-state index in [4.69, 9.17) is 10.2 Å². The summed E-state index contributed by atoms with van der Waals surface area (Å²) in [5, 5.41) is 17.3. The third-order valence-electron chi connectivity index (χ3n) is 7.77. The predicted molar refractivity (Wildman–Crippen MR) is 169 cm³/mol. The molecule has 0 unspecified atom stereocenters. The van der Waals surface area contributed by atoms with Gasteiger partial charge in [-0.15, -0.1) is 0 Å². The van der Waals surface area contributed by atoms with Crippen molar-refractivity contribution >= 4 is 0 Å². The summed E-state index contributed by atoms with van der Waals surface area (Å²) in [6.45, 7) is 5.31. The van der Waals surface area contributed by atoms with Crippen LogP contribution in [0.1, 0.15) is 213 Å². The van der Waals surface area contributed by atoms with Crippen LogP contribution in [0.25, 0.3) is 0 Å². The van der Waals surface area contributed by atoms with Crippen LogP contribution in [0.2, 0.25) is 0 Å².